The minimum Gasteiger partial charge on any atom is -0.367 e. The lowest BCUT2D eigenvalue weighted by Crippen LogP contribution is -2.42. The third kappa shape index (κ3) is 3.26. The largest absolute Gasteiger partial charge is 0.367 e. The van der Waals surface area contributed by atoms with Gasteiger partial charge in [-0.1, -0.05) is 20.8 Å². The first-order chi connectivity index (χ1) is 10.8. The van der Waals surface area contributed by atoms with Crippen molar-refractivity contribution >= 4 is 5.91 Å². The summed E-state index contributed by atoms with van der Waals surface area (Å²) in [5.41, 5.74) is 0.364. The zero-order valence-corrected chi connectivity index (χ0v) is 13.9. The summed E-state index contributed by atoms with van der Waals surface area (Å²) in [5.74, 6) is 2.05. The number of carbonyl (C=O) groups is 1. The number of amides is 1. The number of aryl methyl sites for hydroxylation is 1. The Balaban J connectivity index is 1.73. The second-order valence-corrected chi connectivity index (χ2v) is 6.79. The molecule has 1 aliphatic heterocycles. The molecule has 124 valence electrons. The normalized spacial score (nSPS) is 19.1. The van der Waals surface area contributed by atoms with Gasteiger partial charge < -0.3 is 14.6 Å². The predicted molar refractivity (Wildman–Crippen MR) is 83.0 cm³/mol. The van der Waals surface area contributed by atoms with E-state index < -0.39 is 0 Å². The molecule has 2 N–H and O–H groups in total. The Morgan fingerprint density at radius 1 is 1.43 bits per heavy atom. The van der Waals surface area contributed by atoms with Crippen LogP contribution in [-0.4, -0.2) is 55.7 Å². The van der Waals surface area contributed by atoms with E-state index in [1.807, 2.05) is 6.92 Å². The fourth-order valence-corrected chi connectivity index (χ4v) is 2.45. The zero-order valence-electron chi connectivity index (χ0n) is 13.9. The highest BCUT2D eigenvalue weighted by molar-refractivity contribution is 5.92. The molecule has 1 saturated heterocycles. The van der Waals surface area contributed by atoms with E-state index in [1.165, 1.54) is 0 Å². The van der Waals surface area contributed by atoms with Gasteiger partial charge in [-0.3, -0.25) is 9.89 Å². The van der Waals surface area contributed by atoms with Gasteiger partial charge >= 0.3 is 0 Å². The van der Waals surface area contributed by atoms with Crippen molar-refractivity contribution in [1.29, 1.82) is 0 Å². The quantitative estimate of drug-likeness (QED) is 0.870. The Labute approximate surface area is 134 Å². The van der Waals surface area contributed by atoms with Crippen LogP contribution in [0.1, 0.15) is 54.8 Å². The summed E-state index contributed by atoms with van der Waals surface area (Å²) >= 11 is 0. The van der Waals surface area contributed by atoms with E-state index >= 15 is 0 Å². The fraction of sp³-hybridized carbons (Fsp3) is 0.600. The highest BCUT2D eigenvalue weighted by Gasteiger charge is 2.30. The maximum Gasteiger partial charge on any atom is 0.272 e. The van der Waals surface area contributed by atoms with Gasteiger partial charge in [0.05, 0.1) is 19.3 Å². The zero-order chi connectivity index (χ0) is 16.6. The van der Waals surface area contributed by atoms with Gasteiger partial charge in [-0.05, 0) is 6.92 Å². The van der Waals surface area contributed by atoms with Gasteiger partial charge in [-0.15, -0.1) is 0 Å². The van der Waals surface area contributed by atoms with Crippen molar-refractivity contribution in [2.75, 3.05) is 19.7 Å². The first-order valence-electron chi connectivity index (χ1n) is 7.70. The molecule has 8 heteroatoms. The van der Waals surface area contributed by atoms with Crippen molar-refractivity contribution in [3.8, 4) is 0 Å². The molecular formula is C15H22N6O2. The van der Waals surface area contributed by atoms with E-state index in [1.54, 1.807) is 11.1 Å². The molecule has 0 saturated carbocycles. The van der Waals surface area contributed by atoms with E-state index in [0.717, 1.165) is 11.6 Å². The second kappa shape index (κ2) is 5.77. The molecule has 3 rings (SSSR count). The molecule has 1 aliphatic rings. The third-order valence-corrected chi connectivity index (χ3v) is 3.77. The topological polar surface area (TPSA) is 99.8 Å². The molecule has 1 atom stereocenters. The Morgan fingerprint density at radius 3 is 2.83 bits per heavy atom. The van der Waals surface area contributed by atoms with Crippen LogP contribution in [0.2, 0.25) is 0 Å². The van der Waals surface area contributed by atoms with Crippen molar-refractivity contribution in [1.82, 2.24) is 30.0 Å². The molecule has 0 bridgehead atoms. The molecule has 0 aliphatic carbocycles. The van der Waals surface area contributed by atoms with Crippen molar-refractivity contribution < 1.29 is 9.53 Å². The van der Waals surface area contributed by atoms with Gasteiger partial charge in [0.15, 0.2) is 11.6 Å². The molecule has 1 fully saturated rings. The summed E-state index contributed by atoms with van der Waals surface area (Å²) in [5, 5.41) is 7.20. The van der Waals surface area contributed by atoms with Crippen LogP contribution in [0.15, 0.2) is 6.20 Å². The van der Waals surface area contributed by atoms with Gasteiger partial charge in [-0.2, -0.15) is 5.10 Å². The van der Waals surface area contributed by atoms with E-state index in [4.69, 9.17) is 4.74 Å². The van der Waals surface area contributed by atoms with Crippen LogP contribution >= 0.6 is 0 Å². The number of rotatable bonds is 2. The molecule has 0 aromatic carbocycles. The van der Waals surface area contributed by atoms with Crippen LogP contribution in [0.5, 0.6) is 0 Å². The predicted octanol–water partition coefficient (Wildman–Crippen LogP) is 1.35. The van der Waals surface area contributed by atoms with Crippen molar-refractivity contribution in [3.63, 3.8) is 0 Å². The summed E-state index contributed by atoms with van der Waals surface area (Å²) in [7, 11) is 0. The fourth-order valence-electron chi connectivity index (χ4n) is 2.45. The van der Waals surface area contributed by atoms with Crippen LogP contribution in [0.25, 0.3) is 0 Å². The van der Waals surface area contributed by atoms with Gasteiger partial charge in [0.2, 0.25) is 0 Å². The third-order valence-electron chi connectivity index (χ3n) is 3.77. The summed E-state index contributed by atoms with van der Waals surface area (Å²) in [4.78, 5) is 25.8. The molecule has 2 aromatic heterocycles. The molecule has 1 unspecified atom stereocenters. The first-order valence-corrected chi connectivity index (χ1v) is 7.70. The van der Waals surface area contributed by atoms with Crippen LogP contribution < -0.4 is 0 Å². The Hall–Kier alpha value is -2.22. The summed E-state index contributed by atoms with van der Waals surface area (Å²) in [6, 6.07) is 0. The number of hydrogen-bond donors (Lipinski definition) is 2. The Bertz CT molecular complexity index is 699. The molecule has 23 heavy (non-hydrogen) atoms. The van der Waals surface area contributed by atoms with Crippen LogP contribution in [0.3, 0.4) is 0 Å². The lowest BCUT2D eigenvalue weighted by molar-refractivity contribution is -0.0268. The van der Waals surface area contributed by atoms with Crippen molar-refractivity contribution in [3.05, 3.63) is 29.4 Å². The number of aromatic amines is 2. The minimum atomic E-state index is -0.291. The Kier molecular flexibility index (Phi) is 3.93. The number of aromatic nitrogens is 5. The van der Waals surface area contributed by atoms with Crippen LogP contribution in [0, 0.1) is 6.92 Å². The highest BCUT2D eigenvalue weighted by Crippen LogP contribution is 2.23. The van der Waals surface area contributed by atoms with Crippen LogP contribution in [-0.2, 0) is 10.2 Å². The number of ether oxygens (including phenoxy) is 1. The summed E-state index contributed by atoms with van der Waals surface area (Å²) in [6.07, 6.45) is 1.27. The number of nitrogens with one attached hydrogen (secondary N) is 2. The number of carbonyl (C=O) groups excluding carboxylic acids is 1. The monoisotopic (exact) mass is 318 g/mol. The number of nitrogens with zero attached hydrogens (tertiary/aromatic N) is 4. The van der Waals surface area contributed by atoms with Crippen LogP contribution in [0.4, 0.5) is 0 Å². The molecule has 0 spiro atoms. The minimum absolute atomic E-state index is 0.0746. The van der Waals surface area contributed by atoms with E-state index in [2.05, 4.69) is 45.9 Å². The van der Waals surface area contributed by atoms with E-state index in [-0.39, 0.29) is 17.4 Å². The molecule has 0 radical (unpaired) electrons. The maximum atomic E-state index is 12.5. The highest BCUT2D eigenvalue weighted by atomic mass is 16.5. The van der Waals surface area contributed by atoms with Gasteiger partial charge in [0, 0.05) is 12.0 Å². The maximum absolute atomic E-state index is 12.5. The Morgan fingerprint density at radius 2 is 2.22 bits per heavy atom. The number of hydrogen-bond acceptors (Lipinski definition) is 5. The van der Waals surface area contributed by atoms with E-state index in [0.29, 0.717) is 31.2 Å². The second-order valence-electron chi connectivity index (χ2n) is 6.79. The van der Waals surface area contributed by atoms with Gasteiger partial charge in [0.25, 0.3) is 5.91 Å². The van der Waals surface area contributed by atoms with Gasteiger partial charge in [-0.25, -0.2) is 9.97 Å². The molecular weight excluding hydrogens is 296 g/mol. The first kappa shape index (κ1) is 15.7. The average molecular weight is 318 g/mol. The molecule has 3 heterocycles. The molecule has 1 amide bonds. The number of morpholine rings is 1. The summed E-state index contributed by atoms with van der Waals surface area (Å²) < 4.78 is 5.76. The summed E-state index contributed by atoms with van der Waals surface area (Å²) in [6.45, 7) is 9.44. The number of imidazole rings is 1. The van der Waals surface area contributed by atoms with Gasteiger partial charge in [0.1, 0.15) is 17.6 Å². The number of H-pyrrole nitrogens is 2. The van der Waals surface area contributed by atoms with Crippen molar-refractivity contribution in [2.24, 2.45) is 0 Å². The molecule has 8 nitrogen and oxygen atoms in total. The van der Waals surface area contributed by atoms with E-state index in [9.17, 15) is 4.79 Å². The lowest BCUT2D eigenvalue weighted by Gasteiger charge is -2.31. The molecule has 2 aromatic rings. The smallest absolute Gasteiger partial charge is 0.272 e. The van der Waals surface area contributed by atoms with Crippen molar-refractivity contribution in [2.45, 2.75) is 39.2 Å². The average Bonchev–Trinajstić information content (AvgIpc) is 3.15. The lowest BCUT2D eigenvalue weighted by atomic mass is 9.96. The SMILES string of the molecule is Cc1ncc(C(=O)N2CCOC(c3nc(C(C)(C)C)n[nH]3)C2)[nH]1. The standard InChI is InChI=1S/C15H22N6O2/c1-9-16-7-10(17-9)13(22)21-5-6-23-11(8-21)12-18-14(20-19-12)15(2,3)4/h7,11H,5-6,8H2,1-4H3,(H,16,17)(H,18,19,20).